The van der Waals surface area contributed by atoms with Crippen molar-refractivity contribution in [1.82, 2.24) is 29.7 Å². The van der Waals surface area contributed by atoms with Gasteiger partial charge in [-0.25, -0.2) is 19.0 Å². The van der Waals surface area contributed by atoms with Crippen molar-refractivity contribution in [2.45, 2.75) is 52.0 Å². The van der Waals surface area contributed by atoms with Crippen LogP contribution in [0.5, 0.6) is 0 Å². The van der Waals surface area contributed by atoms with Crippen LogP contribution < -0.4 is 21.6 Å². The lowest BCUT2D eigenvalue weighted by atomic mass is 10.0. The Kier molecular flexibility index (Phi) is 9.29. The van der Waals surface area contributed by atoms with E-state index in [0.29, 0.717) is 65.8 Å². The molecule has 14 heteroatoms. The highest BCUT2D eigenvalue weighted by Gasteiger charge is 2.31. The molecule has 242 valence electrons. The molecule has 0 bridgehead atoms. The largest absolute Gasteiger partial charge is 0.462 e. The lowest BCUT2D eigenvalue weighted by Gasteiger charge is -2.24. The zero-order valence-corrected chi connectivity index (χ0v) is 26.5. The Hall–Kier alpha value is -5.50. The molecule has 2 aliphatic heterocycles. The normalized spacial score (nSPS) is 16.9. The molecule has 0 fully saturated rings. The number of anilines is 2. The number of nitrogens with zero attached hydrogens (tertiary/aromatic N) is 7. The van der Waals surface area contributed by atoms with Crippen LogP contribution in [0.2, 0.25) is 0 Å². The molecule has 6 rings (SSSR count). The number of carbonyl (C=O) groups excluding carboxylic acids is 2. The molecule has 1 unspecified atom stereocenters. The minimum atomic E-state index is -0.610. The number of aromatic nitrogens is 5. The summed E-state index contributed by atoms with van der Waals surface area (Å²) in [6.45, 7) is 7.52. The van der Waals surface area contributed by atoms with Crippen LogP contribution in [0.1, 0.15) is 73.0 Å². The standard InChI is InChI=1S/C33H36N10O4/c1-4-6-19-46-25(44)21-9-13-23(14-10-21)35-28-39-30-37-27(33(3)17-8-18-34-33)38-31-40-29(42-32(41-28)43(30)31)36-24-15-11-22(12-16-24)26(45)47-20-7-5-2/h8-17,34H,4-7,18-20H2,1-3H3,(H2,35,36,37,38,39,40,41,42). The van der Waals surface area contributed by atoms with Gasteiger partial charge in [-0.15, -0.1) is 0 Å². The molecule has 2 aromatic heterocycles. The fraction of sp³-hybridized carbons (Fsp3) is 0.333. The Morgan fingerprint density at radius 1 is 0.915 bits per heavy atom. The van der Waals surface area contributed by atoms with Gasteiger partial charge in [0.15, 0.2) is 5.82 Å². The first-order valence-electron chi connectivity index (χ1n) is 15.7. The molecule has 3 N–H and O–H groups in total. The van der Waals surface area contributed by atoms with E-state index in [9.17, 15) is 9.59 Å². The summed E-state index contributed by atoms with van der Waals surface area (Å²) in [6, 6.07) is 13.6. The third kappa shape index (κ3) is 7.17. The fourth-order valence-corrected chi connectivity index (χ4v) is 4.84. The SMILES string of the molecule is CCCCOC(=O)c1ccc(N=c2nc3n4c(nc(C5(C)C=CCN5)nc4n2)NC(Nc2ccc(C(=O)OCCCC)cc2)=N3)cc1. The van der Waals surface area contributed by atoms with Gasteiger partial charge in [-0.1, -0.05) is 38.8 Å². The molecule has 0 radical (unpaired) electrons. The van der Waals surface area contributed by atoms with Gasteiger partial charge in [0.1, 0.15) is 0 Å². The van der Waals surface area contributed by atoms with Gasteiger partial charge in [-0.3, -0.25) is 10.6 Å². The molecule has 4 heterocycles. The van der Waals surface area contributed by atoms with Crippen LogP contribution in [0.4, 0.5) is 23.3 Å². The lowest BCUT2D eigenvalue weighted by Crippen LogP contribution is -2.37. The Morgan fingerprint density at radius 2 is 1.57 bits per heavy atom. The van der Waals surface area contributed by atoms with Crippen LogP contribution in [0, 0.1) is 0 Å². The number of guanidine groups is 1. The molecule has 0 amide bonds. The number of hydrogen-bond acceptors (Lipinski definition) is 13. The summed E-state index contributed by atoms with van der Waals surface area (Å²) in [6.07, 6.45) is 7.56. The fourth-order valence-electron chi connectivity index (χ4n) is 4.84. The van der Waals surface area contributed by atoms with Gasteiger partial charge in [0, 0.05) is 12.2 Å². The Balaban J connectivity index is 1.32. The second kappa shape index (κ2) is 13.9. The van der Waals surface area contributed by atoms with E-state index < -0.39 is 5.54 Å². The van der Waals surface area contributed by atoms with Gasteiger partial charge in [0.05, 0.1) is 35.6 Å². The van der Waals surface area contributed by atoms with Crippen molar-refractivity contribution in [1.29, 1.82) is 0 Å². The summed E-state index contributed by atoms with van der Waals surface area (Å²) >= 11 is 0. The molecule has 1 atom stereocenters. The summed E-state index contributed by atoms with van der Waals surface area (Å²) < 4.78 is 12.2. The number of esters is 2. The van der Waals surface area contributed by atoms with Crippen molar-refractivity contribution in [3.63, 3.8) is 0 Å². The van der Waals surface area contributed by atoms with Gasteiger partial charge >= 0.3 is 11.9 Å². The Labute approximate surface area is 271 Å². The van der Waals surface area contributed by atoms with Gasteiger partial charge in [-0.05, 0) is 68.3 Å². The smallest absolute Gasteiger partial charge is 0.338 e. The van der Waals surface area contributed by atoms with Crippen LogP contribution in [0.3, 0.4) is 0 Å². The van der Waals surface area contributed by atoms with Crippen LogP contribution in [-0.4, -0.2) is 62.0 Å². The first-order valence-corrected chi connectivity index (χ1v) is 15.7. The third-order valence-electron chi connectivity index (χ3n) is 7.55. The second-order valence-corrected chi connectivity index (χ2v) is 11.2. The van der Waals surface area contributed by atoms with E-state index in [-0.39, 0.29) is 23.5 Å². The predicted octanol–water partition coefficient (Wildman–Crippen LogP) is 4.57. The summed E-state index contributed by atoms with van der Waals surface area (Å²) in [5.74, 6) is 1.08. The maximum Gasteiger partial charge on any atom is 0.338 e. The second-order valence-electron chi connectivity index (χ2n) is 11.2. The van der Waals surface area contributed by atoms with E-state index in [1.807, 2.05) is 32.9 Å². The monoisotopic (exact) mass is 636 g/mol. The number of carbonyl (C=O) groups is 2. The Bertz CT molecular complexity index is 1920. The van der Waals surface area contributed by atoms with Crippen molar-refractivity contribution in [3.05, 3.63) is 83.3 Å². The topological polar surface area (TPSA) is 169 Å². The Morgan fingerprint density at radius 3 is 2.19 bits per heavy atom. The molecule has 14 nitrogen and oxygen atoms in total. The number of rotatable bonds is 11. The highest BCUT2D eigenvalue weighted by molar-refractivity contribution is 6.05. The quantitative estimate of drug-likeness (QED) is 0.120. The van der Waals surface area contributed by atoms with Crippen molar-refractivity contribution in [3.8, 4) is 0 Å². The van der Waals surface area contributed by atoms with Crippen molar-refractivity contribution < 1.29 is 19.1 Å². The van der Waals surface area contributed by atoms with Crippen LogP contribution in [0.15, 0.2) is 70.7 Å². The van der Waals surface area contributed by atoms with E-state index >= 15 is 0 Å². The predicted molar refractivity (Wildman–Crippen MR) is 176 cm³/mol. The third-order valence-corrected chi connectivity index (χ3v) is 7.55. The number of unbranched alkanes of at least 4 members (excludes halogenated alkanes) is 2. The van der Waals surface area contributed by atoms with Crippen LogP contribution in [0.25, 0.3) is 5.78 Å². The van der Waals surface area contributed by atoms with E-state index in [1.165, 1.54) is 0 Å². The maximum absolute atomic E-state index is 12.3. The molecule has 2 aliphatic rings. The average Bonchev–Trinajstić information content (AvgIpc) is 3.53. The maximum atomic E-state index is 12.3. The average molecular weight is 637 g/mol. The zero-order valence-electron chi connectivity index (χ0n) is 26.5. The van der Waals surface area contributed by atoms with E-state index in [0.717, 1.165) is 25.7 Å². The van der Waals surface area contributed by atoms with Gasteiger partial charge in [0.25, 0.3) is 5.62 Å². The highest BCUT2D eigenvalue weighted by Crippen LogP contribution is 2.27. The summed E-state index contributed by atoms with van der Waals surface area (Å²) in [5.41, 5.74) is 1.63. The molecule has 4 aromatic rings. The van der Waals surface area contributed by atoms with Crippen molar-refractivity contribution >= 4 is 46.9 Å². The number of benzene rings is 2. The minimum Gasteiger partial charge on any atom is -0.462 e. The first kappa shape index (κ1) is 31.5. The molecular weight excluding hydrogens is 600 g/mol. The molecule has 47 heavy (non-hydrogen) atoms. The van der Waals surface area contributed by atoms with Crippen LogP contribution >= 0.6 is 0 Å². The molecule has 0 spiro atoms. The summed E-state index contributed by atoms with van der Waals surface area (Å²) in [4.78, 5) is 52.7. The number of nitrogens with one attached hydrogen (secondary N) is 3. The molecular formula is C33H36N10O4. The number of ether oxygens (including phenoxy) is 2. The lowest BCUT2D eigenvalue weighted by molar-refractivity contribution is 0.0490. The van der Waals surface area contributed by atoms with E-state index in [2.05, 4.69) is 35.9 Å². The summed E-state index contributed by atoms with van der Waals surface area (Å²) in [7, 11) is 0. The first-order chi connectivity index (χ1) is 22.8. The van der Waals surface area contributed by atoms with Crippen LogP contribution in [-0.2, 0) is 15.0 Å². The van der Waals surface area contributed by atoms with E-state index in [4.69, 9.17) is 19.4 Å². The minimum absolute atomic E-state index is 0.130. The molecule has 0 saturated carbocycles. The number of aliphatic imine (C=N–C) groups is 1. The molecule has 0 saturated heterocycles. The summed E-state index contributed by atoms with van der Waals surface area (Å²) in [5, 5.41) is 9.86. The highest BCUT2D eigenvalue weighted by atomic mass is 16.5. The molecule has 0 aliphatic carbocycles. The van der Waals surface area contributed by atoms with Gasteiger partial charge in [-0.2, -0.15) is 24.9 Å². The van der Waals surface area contributed by atoms with E-state index in [1.54, 1.807) is 52.9 Å². The number of hydrogen-bond donors (Lipinski definition) is 3. The van der Waals surface area contributed by atoms with Crippen molar-refractivity contribution in [2.75, 3.05) is 30.4 Å². The van der Waals surface area contributed by atoms with Gasteiger partial charge in [0.2, 0.25) is 23.6 Å². The van der Waals surface area contributed by atoms with Gasteiger partial charge < -0.3 is 14.8 Å². The van der Waals surface area contributed by atoms with Crippen molar-refractivity contribution in [2.24, 2.45) is 9.98 Å². The zero-order chi connectivity index (χ0) is 32.8. The molecule has 2 aromatic carbocycles.